The highest BCUT2D eigenvalue weighted by Gasteiger charge is 2.34. The summed E-state index contributed by atoms with van der Waals surface area (Å²) in [6.07, 6.45) is -3.40. The van der Waals surface area contributed by atoms with Crippen LogP contribution >= 0.6 is 24.0 Å². The van der Waals surface area contributed by atoms with Gasteiger partial charge in [-0.2, -0.15) is 13.2 Å². The molecule has 1 heterocycles. The summed E-state index contributed by atoms with van der Waals surface area (Å²) in [5.41, 5.74) is 0. The number of nitrogens with zero attached hydrogens (tertiary/aromatic N) is 2. The van der Waals surface area contributed by atoms with E-state index in [1.54, 1.807) is 7.05 Å². The number of hydrogen-bond acceptors (Lipinski definition) is 2. The smallest absolute Gasteiger partial charge is 0.357 e. The van der Waals surface area contributed by atoms with Crippen molar-refractivity contribution < 1.29 is 13.2 Å². The number of guanidine groups is 1. The molecule has 0 saturated carbocycles. The Bertz CT molecular complexity index is 270. The largest absolute Gasteiger partial charge is 0.401 e. The molecule has 1 unspecified atom stereocenters. The van der Waals surface area contributed by atoms with E-state index < -0.39 is 12.7 Å². The van der Waals surface area contributed by atoms with Crippen LogP contribution in [0.3, 0.4) is 0 Å². The van der Waals surface area contributed by atoms with E-state index in [2.05, 4.69) is 15.6 Å². The standard InChI is InChI=1S/C10H19F3N4.HI/c1-3-15-9(14-2)16-8-4-5-17(6-8)7-10(11,12)13;/h8H,3-7H2,1-2H3,(H2,14,15,16);1H. The predicted molar refractivity (Wildman–Crippen MR) is 76.5 cm³/mol. The number of aliphatic imine (C=N–C) groups is 1. The van der Waals surface area contributed by atoms with Gasteiger partial charge >= 0.3 is 6.18 Å². The van der Waals surface area contributed by atoms with Crippen LogP contribution in [0, 0.1) is 0 Å². The fourth-order valence-corrected chi connectivity index (χ4v) is 1.90. The van der Waals surface area contributed by atoms with Gasteiger partial charge in [0.15, 0.2) is 5.96 Å². The van der Waals surface area contributed by atoms with E-state index in [0.717, 1.165) is 6.54 Å². The summed E-state index contributed by atoms with van der Waals surface area (Å²) in [6.45, 7) is 2.73. The lowest BCUT2D eigenvalue weighted by atomic mass is 10.3. The second kappa shape index (κ2) is 8.03. The molecule has 0 aromatic heterocycles. The molecule has 8 heteroatoms. The van der Waals surface area contributed by atoms with Crippen molar-refractivity contribution in [3.8, 4) is 0 Å². The van der Waals surface area contributed by atoms with Crippen molar-refractivity contribution in [3.05, 3.63) is 0 Å². The van der Waals surface area contributed by atoms with E-state index in [1.807, 2.05) is 6.92 Å². The molecule has 0 aliphatic carbocycles. The van der Waals surface area contributed by atoms with Crippen LogP contribution in [0.4, 0.5) is 13.2 Å². The fourth-order valence-electron chi connectivity index (χ4n) is 1.90. The molecule has 0 amide bonds. The topological polar surface area (TPSA) is 39.7 Å². The zero-order chi connectivity index (χ0) is 12.9. The highest BCUT2D eigenvalue weighted by molar-refractivity contribution is 14.0. The van der Waals surface area contributed by atoms with Gasteiger partial charge in [0, 0.05) is 32.7 Å². The summed E-state index contributed by atoms with van der Waals surface area (Å²) < 4.78 is 36.6. The Balaban J connectivity index is 0.00000289. The van der Waals surface area contributed by atoms with E-state index in [4.69, 9.17) is 0 Å². The lowest BCUT2D eigenvalue weighted by Gasteiger charge is -2.19. The van der Waals surface area contributed by atoms with E-state index in [1.165, 1.54) is 4.90 Å². The molecular weight excluding hydrogens is 360 g/mol. The lowest BCUT2D eigenvalue weighted by molar-refractivity contribution is -0.143. The number of hydrogen-bond donors (Lipinski definition) is 2. The van der Waals surface area contributed by atoms with E-state index in [9.17, 15) is 13.2 Å². The second-order valence-electron chi connectivity index (χ2n) is 4.08. The third-order valence-corrected chi connectivity index (χ3v) is 2.58. The van der Waals surface area contributed by atoms with Crippen molar-refractivity contribution in [2.75, 3.05) is 33.2 Å². The molecule has 0 radical (unpaired) electrons. The SMILES string of the molecule is CCNC(=NC)NC1CCN(CC(F)(F)F)C1.I. The minimum atomic E-state index is -4.11. The molecule has 0 aromatic rings. The van der Waals surface area contributed by atoms with Gasteiger partial charge in [-0.05, 0) is 13.3 Å². The summed E-state index contributed by atoms with van der Waals surface area (Å²) in [5, 5.41) is 6.13. The third kappa shape index (κ3) is 6.62. The van der Waals surface area contributed by atoms with E-state index in [0.29, 0.717) is 25.5 Å². The van der Waals surface area contributed by atoms with E-state index >= 15 is 0 Å². The van der Waals surface area contributed by atoms with Crippen LogP contribution in [0.25, 0.3) is 0 Å². The second-order valence-corrected chi connectivity index (χ2v) is 4.08. The van der Waals surface area contributed by atoms with Crippen LogP contribution in [-0.2, 0) is 0 Å². The third-order valence-electron chi connectivity index (χ3n) is 2.58. The predicted octanol–water partition coefficient (Wildman–Crippen LogP) is 1.43. The monoisotopic (exact) mass is 380 g/mol. The van der Waals surface area contributed by atoms with Gasteiger partial charge in [0.1, 0.15) is 0 Å². The van der Waals surface area contributed by atoms with Crippen LogP contribution in [0.15, 0.2) is 4.99 Å². The fraction of sp³-hybridized carbons (Fsp3) is 0.900. The van der Waals surface area contributed by atoms with Crippen LogP contribution in [-0.4, -0.2) is 56.3 Å². The van der Waals surface area contributed by atoms with Crippen LogP contribution in [0.1, 0.15) is 13.3 Å². The van der Waals surface area contributed by atoms with Crippen LogP contribution in [0.5, 0.6) is 0 Å². The molecule has 0 spiro atoms. The Kier molecular flexibility index (Phi) is 7.92. The van der Waals surface area contributed by atoms with Gasteiger partial charge in [-0.1, -0.05) is 0 Å². The van der Waals surface area contributed by atoms with Gasteiger partial charge in [0.05, 0.1) is 6.54 Å². The Hall–Kier alpha value is -0.250. The van der Waals surface area contributed by atoms with Gasteiger partial charge in [-0.15, -0.1) is 24.0 Å². The maximum atomic E-state index is 12.2. The Morgan fingerprint density at radius 1 is 1.44 bits per heavy atom. The summed E-state index contributed by atoms with van der Waals surface area (Å²) in [5.74, 6) is 0.645. The normalized spacial score (nSPS) is 21.6. The Labute approximate surface area is 122 Å². The van der Waals surface area contributed by atoms with Gasteiger partial charge < -0.3 is 10.6 Å². The number of halogens is 4. The first-order valence-corrected chi connectivity index (χ1v) is 5.71. The maximum Gasteiger partial charge on any atom is 0.401 e. The average molecular weight is 380 g/mol. The molecule has 1 atom stereocenters. The highest BCUT2D eigenvalue weighted by Crippen LogP contribution is 2.19. The van der Waals surface area contributed by atoms with Crippen molar-refractivity contribution in [2.24, 2.45) is 4.99 Å². The number of alkyl halides is 3. The molecule has 1 fully saturated rings. The molecule has 2 N–H and O–H groups in total. The van der Waals surface area contributed by atoms with Crippen molar-refractivity contribution in [2.45, 2.75) is 25.6 Å². The Morgan fingerprint density at radius 2 is 2.11 bits per heavy atom. The number of nitrogens with one attached hydrogen (secondary N) is 2. The molecule has 1 aliphatic rings. The lowest BCUT2D eigenvalue weighted by Crippen LogP contribution is -2.45. The molecule has 0 bridgehead atoms. The van der Waals surface area contributed by atoms with Gasteiger partial charge in [0.2, 0.25) is 0 Å². The summed E-state index contributed by atoms with van der Waals surface area (Å²) in [4.78, 5) is 5.41. The zero-order valence-corrected chi connectivity index (χ0v) is 12.9. The van der Waals surface area contributed by atoms with E-state index in [-0.39, 0.29) is 30.0 Å². The summed E-state index contributed by atoms with van der Waals surface area (Å²) in [6, 6.07) is 0.0371. The van der Waals surface area contributed by atoms with Crippen molar-refractivity contribution >= 4 is 29.9 Å². The van der Waals surface area contributed by atoms with Gasteiger partial charge in [-0.25, -0.2) is 0 Å². The van der Waals surface area contributed by atoms with Gasteiger partial charge in [-0.3, -0.25) is 9.89 Å². The molecule has 1 aliphatic heterocycles. The molecule has 0 aromatic carbocycles. The summed E-state index contributed by atoms with van der Waals surface area (Å²) >= 11 is 0. The Morgan fingerprint density at radius 3 is 2.61 bits per heavy atom. The van der Waals surface area contributed by atoms with Crippen molar-refractivity contribution in [3.63, 3.8) is 0 Å². The molecule has 4 nitrogen and oxygen atoms in total. The molecular formula is C10H20F3IN4. The highest BCUT2D eigenvalue weighted by atomic mass is 127. The minimum Gasteiger partial charge on any atom is -0.357 e. The van der Waals surface area contributed by atoms with Crippen LogP contribution < -0.4 is 10.6 Å². The minimum absolute atomic E-state index is 0. The summed E-state index contributed by atoms with van der Waals surface area (Å²) in [7, 11) is 1.65. The average Bonchev–Trinajstić information content (AvgIpc) is 2.62. The van der Waals surface area contributed by atoms with Crippen molar-refractivity contribution in [1.29, 1.82) is 0 Å². The number of likely N-dealkylation sites (tertiary alicyclic amines) is 1. The molecule has 1 saturated heterocycles. The van der Waals surface area contributed by atoms with Crippen LogP contribution in [0.2, 0.25) is 0 Å². The van der Waals surface area contributed by atoms with Gasteiger partial charge in [0.25, 0.3) is 0 Å². The maximum absolute atomic E-state index is 12.2. The first kappa shape index (κ1) is 17.8. The number of rotatable bonds is 3. The first-order chi connectivity index (χ1) is 7.94. The molecule has 18 heavy (non-hydrogen) atoms. The molecule has 108 valence electrons. The zero-order valence-electron chi connectivity index (χ0n) is 10.5. The molecule has 1 rings (SSSR count). The quantitative estimate of drug-likeness (QED) is 0.442. The first-order valence-electron chi connectivity index (χ1n) is 5.71. The van der Waals surface area contributed by atoms with Crippen molar-refractivity contribution in [1.82, 2.24) is 15.5 Å².